The number of hydrogen-bond donors (Lipinski definition) is 3. The molecule has 2 unspecified atom stereocenters. The van der Waals surface area contributed by atoms with Crippen LogP contribution in [0.3, 0.4) is 0 Å². The highest BCUT2D eigenvalue weighted by molar-refractivity contribution is 5.98. The van der Waals surface area contributed by atoms with E-state index >= 15 is 0 Å². The fraction of sp³-hybridized carbons (Fsp3) is 0.567. The van der Waals surface area contributed by atoms with Crippen LogP contribution in [0.4, 0.5) is 5.69 Å². The second-order valence-electron chi connectivity index (χ2n) is 11.3. The van der Waals surface area contributed by atoms with Crippen LogP contribution in [0.25, 0.3) is 0 Å². The molecular weight excluding hydrogens is 494 g/mol. The Hall–Kier alpha value is -3.17. The maximum atomic E-state index is 13.2. The van der Waals surface area contributed by atoms with Crippen LogP contribution in [0, 0.1) is 5.92 Å². The lowest BCUT2D eigenvalue weighted by molar-refractivity contribution is -0.120. The van der Waals surface area contributed by atoms with E-state index in [4.69, 9.17) is 10.2 Å². The van der Waals surface area contributed by atoms with Gasteiger partial charge in [-0.05, 0) is 55.5 Å². The highest BCUT2D eigenvalue weighted by atomic mass is 16.3. The molecule has 1 aromatic heterocycles. The number of carbonyl (C=O) groups excluding carboxylic acids is 3. The molecule has 3 aliphatic rings. The summed E-state index contributed by atoms with van der Waals surface area (Å²) < 4.78 is 5.27. The van der Waals surface area contributed by atoms with Crippen molar-refractivity contribution in [2.24, 2.45) is 11.7 Å². The van der Waals surface area contributed by atoms with Crippen molar-refractivity contribution in [2.45, 2.75) is 76.4 Å². The molecule has 5 rings (SSSR count). The van der Waals surface area contributed by atoms with Crippen molar-refractivity contribution >= 4 is 23.4 Å². The molecule has 210 valence electrons. The number of furan rings is 1. The summed E-state index contributed by atoms with van der Waals surface area (Å²) in [5.74, 6) is 0.173. The maximum absolute atomic E-state index is 13.2. The average molecular weight is 536 g/mol. The molecule has 9 heteroatoms. The Kier molecular flexibility index (Phi) is 8.98. The van der Waals surface area contributed by atoms with Gasteiger partial charge in [-0.25, -0.2) is 0 Å². The van der Waals surface area contributed by atoms with Crippen molar-refractivity contribution < 1.29 is 18.8 Å². The van der Waals surface area contributed by atoms with E-state index in [-0.39, 0.29) is 35.7 Å². The van der Waals surface area contributed by atoms with E-state index in [0.29, 0.717) is 49.7 Å². The first-order chi connectivity index (χ1) is 19.0. The molecule has 2 aliphatic carbocycles. The number of nitrogens with zero attached hydrogens (tertiary/aromatic N) is 2. The highest BCUT2D eigenvalue weighted by Gasteiger charge is 2.27. The Balaban J connectivity index is 1.27. The third-order valence-corrected chi connectivity index (χ3v) is 8.53. The average Bonchev–Trinajstić information content (AvgIpc) is 3.51. The largest absolute Gasteiger partial charge is 0.459 e. The maximum Gasteiger partial charge on any atom is 0.289 e. The molecule has 1 aromatic carbocycles. The first-order valence-electron chi connectivity index (χ1n) is 14.5. The van der Waals surface area contributed by atoms with Crippen LogP contribution in [-0.4, -0.2) is 65.8 Å². The van der Waals surface area contributed by atoms with Crippen LogP contribution in [0.15, 0.2) is 41.0 Å². The summed E-state index contributed by atoms with van der Waals surface area (Å²) in [5, 5.41) is 6.30. The summed E-state index contributed by atoms with van der Waals surface area (Å²) >= 11 is 0. The Labute approximate surface area is 230 Å². The van der Waals surface area contributed by atoms with E-state index in [9.17, 15) is 14.4 Å². The minimum atomic E-state index is -0.151. The quantitative estimate of drug-likeness (QED) is 0.497. The van der Waals surface area contributed by atoms with Gasteiger partial charge in [-0.2, -0.15) is 0 Å². The molecule has 3 fully saturated rings. The molecule has 2 aromatic rings. The molecular formula is C30H41N5O4. The van der Waals surface area contributed by atoms with E-state index < -0.39 is 0 Å². The van der Waals surface area contributed by atoms with Gasteiger partial charge in [0.25, 0.3) is 11.8 Å². The van der Waals surface area contributed by atoms with E-state index in [0.717, 1.165) is 56.9 Å². The van der Waals surface area contributed by atoms with Crippen LogP contribution >= 0.6 is 0 Å². The fourth-order valence-electron chi connectivity index (χ4n) is 6.07. The SMILES string of the molecule is NC1CCCCC1NC(=O)c1ccc(CN2CCN(C(=O)c3ccco3)CC2)c(NC(=O)C2CCCCC2)c1. The van der Waals surface area contributed by atoms with E-state index in [2.05, 4.69) is 15.5 Å². The van der Waals surface area contributed by atoms with Crippen molar-refractivity contribution in [3.63, 3.8) is 0 Å². The Morgan fingerprint density at radius 3 is 2.38 bits per heavy atom. The number of rotatable bonds is 7. The molecule has 9 nitrogen and oxygen atoms in total. The van der Waals surface area contributed by atoms with Gasteiger partial charge in [0.1, 0.15) is 0 Å². The van der Waals surface area contributed by atoms with Crippen molar-refractivity contribution in [2.75, 3.05) is 31.5 Å². The zero-order valence-electron chi connectivity index (χ0n) is 22.7. The molecule has 2 saturated carbocycles. The summed E-state index contributed by atoms with van der Waals surface area (Å²) in [7, 11) is 0. The first-order valence-corrected chi connectivity index (χ1v) is 14.5. The van der Waals surface area contributed by atoms with Gasteiger partial charge in [-0.15, -0.1) is 0 Å². The molecule has 0 spiro atoms. The van der Waals surface area contributed by atoms with Gasteiger partial charge in [-0.3, -0.25) is 19.3 Å². The summed E-state index contributed by atoms with van der Waals surface area (Å²) in [5.41, 5.74) is 8.46. The fourth-order valence-corrected chi connectivity index (χ4v) is 6.07. The summed E-state index contributed by atoms with van der Waals surface area (Å²) in [6, 6.07) is 8.97. The van der Waals surface area contributed by atoms with Gasteiger partial charge >= 0.3 is 0 Å². The number of benzene rings is 1. The van der Waals surface area contributed by atoms with Crippen molar-refractivity contribution in [3.8, 4) is 0 Å². The topological polar surface area (TPSA) is 121 Å². The molecule has 1 saturated heterocycles. The van der Waals surface area contributed by atoms with Crippen LogP contribution in [0.2, 0.25) is 0 Å². The van der Waals surface area contributed by atoms with Gasteiger partial charge in [0.15, 0.2) is 5.76 Å². The smallest absolute Gasteiger partial charge is 0.289 e. The molecule has 0 bridgehead atoms. The number of carbonyl (C=O) groups is 3. The third kappa shape index (κ3) is 6.89. The second kappa shape index (κ2) is 12.8. The zero-order chi connectivity index (χ0) is 27.2. The minimum Gasteiger partial charge on any atom is -0.459 e. The van der Waals surface area contributed by atoms with E-state index in [1.54, 1.807) is 12.1 Å². The molecule has 39 heavy (non-hydrogen) atoms. The lowest BCUT2D eigenvalue weighted by Gasteiger charge is -2.34. The van der Waals surface area contributed by atoms with E-state index in [1.165, 1.54) is 12.7 Å². The Bertz CT molecular complexity index is 1140. The number of hydrogen-bond acceptors (Lipinski definition) is 6. The number of nitrogens with two attached hydrogens (primary N) is 1. The minimum absolute atomic E-state index is 0.0143. The first kappa shape index (κ1) is 27.4. The summed E-state index contributed by atoms with van der Waals surface area (Å²) in [6.07, 6.45) is 10.7. The molecule has 0 radical (unpaired) electrons. The molecule has 2 atom stereocenters. The van der Waals surface area contributed by atoms with Gasteiger partial charge in [0.2, 0.25) is 5.91 Å². The third-order valence-electron chi connectivity index (χ3n) is 8.53. The van der Waals surface area contributed by atoms with E-state index in [1.807, 2.05) is 23.1 Å². The van der Waals surface area contributed by atoms with Crippen molar-refractivity contribution in [3.05, 3.63) is 53.5 Å². The number of amides is 3. The lowest BCUT2D eigenvalue weighted by Crippen LogP contribution is -2.49. The Morgan fingerprint density at radius 2 is 1.67 bits per heavy atom. The Morgan fingerprint density at radius 1 is 0.923 bits per heavy atom. The van der Waals surface area contributed by atoms with Crippen LogP contribution in [0.1, 0.15) is 84.3 Å². The highest BCUT2D eigenvalue weighted by Crippen LogP contribution is 2.27. The van der Waals surface area contributed by atoms with Gasteiger partial charge < -0.3 is 25.7 Å². The number of piperazine rings is 1. The molecule has 1 aliphatic heterocycles. The van der Waals surface area contributed by atoms with Crippen LogP contribution in [-0.2, 0) is 11.3 Å². The standard InChI is InChI=1S/C30H41N5O4/c31-24-9-4-5-10-25(24)32-29(37)22-12-13-23(26(19-22)33-28(36)21-7-2-1-3-8-21)20-34-14-16-35(17-15-34)30(38)27-11-6-18-39-27/h6,11-13,18-19,21,24-25H,1-5,7-10,14-17,20,31H2,(H,32,37)(H,33,36). The monoisotopic (exact) mass is 535 g/mol. The normalized spacial score (nSPS) is 22.8. The lowest BCUT2D eigenvalue weighted by atomic mass is 9.88. The number of nitrogens with one attached hydrogen (secondary N) is 2. The second-order valence-corrected chi connectivity index (χ2v) is 11.3. The van der Waals surface area contributed by atoms with Gasteiger partial charge in [0.05, 0.1) is 6.26 Å². The molecule has 4 N–H and O–H groups in total. The predicted molar refractivity (Wildman–Crippen MR) is 149 cm³/mol. The summed E-state index contributed by atoms with van der Waals surface area (Å²) in [4.78, 5) is 43.1. The van der Waals surface area contributed by atoms with Crippen LogP contribution < -0.4 is 16.4 Å². The molecule has 3 amide bonds. The van der Waals surface area contributed by atoms with Gasteiger partial charge in [0, 0.05) is 62.0 Å². The summed E-state index contributed by atoms with van der Waals surface area (Å²) in [6.45, 7) is 3.25. The predicted octanol–water partition coefficient (Wildman–Crippen LogP) is 3.76. The van der Waals surface area contributed by atoms with Crippen LogP contribution in [0.5, 0.6) is 0 Å². The van der Waals surface area contributed by atoms with Gasteiger partial charge in [-0.1, -0.05) is 38.2 Å². The zero-order valence-corrected chi connectivity index (χ0v) is 22.7. The number of anilines is 1. The van der Waals surface area contributed by atoms with Crippen molar-refractivity contribution in [1.29, 1.82) is 0 Å². The molecule has 2 heterocycles. The van der Waals surface area contributed by atoms with Crippen molar-refractivity contribution in [1.82, 2.24) is 15.1 Å².